The van der Waals surface area contributed by atoms with Crippen LogP contribution < -0.4 is 0 Å². The molecule has 0 amide bonds. The van der Waals surface area contributed by atoms with E-state index in [1.165, 1.54) is 23.1 Å². The minimum absolute atomic E-state index is 0.284. The molecule has 0 saturated carbocycles. The Hall–Kier alpha value is -0.860. The van der Waals surface area contributed by atoms with Crippen LogP contribution in [0.1, 0.15) is 30.0 Å². The van der Waals surface area contributed by atoms with E-state index in [2.05, 4.69) is 43.9 Å². The molecule has 1 saturated heterocycles. The minimum atomic E-state index is 0.284. The van der Waals surface area contributed by atoms with Crippen LogP contribution in [0.25, 0.3) is 0 Å². The maximum atomic E-state index is 9.48. The molecule has 0 spiro atoms. The van der Waals surface area contributed by atoms with Crippen molar-refractivity contribution in [2.75, 3.05) is 13.2 Å². The second kappa shape index (κ2) is 5.19. The standard InChI is InChI=1S/C15H23NO/c1-11-5-4-6-12(2)14(11)9-16-8-7-13(3)15(16)10-17/h4-6,13,15,17H,7-10H2,1-3H3. The zero-order valence-electron chi connectivity index (χ0n) is 11.1. The lowest BCUT2D eigenvalue weighted by Crippen LogP contribution is -2.35. The molecule has 0 radical (unpaired) electrons. The first kappa shape index (κ1) is 12.6. The molecule has 2 rings (SSSR count). The van der Waals surface area contributed by atoms with Gasteiger partial charge in [-0.05, 0) is 49.4 Å². The summed E-state index contributed by atoms with van der Waals surface area (Å²) in [7, 11) is 0. The zero-order valence-corrected chi connectivity index (χ0v) is 11.1. The topological polar surface area (TPSA) is 23.5 Å². The lowest BCUT2D eigenvalue weighted by molar-refractivity contribution is 0.134. The van der Waals surface area contributed by atoms with Gasteiger partial charge in [-0.25, -0.2) is 0 Å². The third-order valence-electron chi connectivity index (χ3n) is 4.19. The number of benzene rings is 1. The van der Waals surface area contributed by atoms with Crippen molar-refractivity contribution >= 4 is 0 Å². The Morgan fingerprint density at radius 2 is 1.94 bits per heavy atom. The predicted molar refractivity (Wildman–Crippen MR) is 71.0 cm³/mol. The molecule has 2 heteroatoms. The van der Waals surface area contributed by atoms with Crippen LogP contribution in [0, 0.1) is 19.8 Å². The van der Waals surface area contributed by atoms with Crippen molar-refractivity contribution in [3.8, 4) is 0 Å². The first-order valence-corrected chi connectivity index (χ1v) is 6.53. The summed E-state index contributed by atoms with van der Waals surface area (Å²) in [5, 5.41) is 9.48. The highest BCUT2D eigenvalue weighted by molar-refractivity contribution is 5.33. The van der Waals surface area contributed by atoms with Gasteiger partial charge in [0.2, 0.25) is 0 Å². The number of hydrogen-bond donors (Lipinski definition) is 1. The SMILES string of the molecule is Cc1cccc(C)c1CN1CCC(C)C1CO. The summed E-state index contributed by atoms with van der Waals surface area (Å²) in [6.07, 6.45) is 1.20. The lowest BCUT2D eigenvalue weighted by atomic mass is 10.0. The van der Waals surface area contributed by atoms with Gasteiger partial charge in [0.05, 0.1) is 6.61 Å². The third-order valence-corrected chi connectivity index (χ3v) is 4.19. The van der Waals surface area contributed by atoms with E-state index < -0.39 is 0 Å². The second-order valence-electron chi connectivity index (χ2n) is 5.36. The van der Waals surface area contributed by atoms with Gasteiger partial charge in [-0.2, -0.15) is 0 Å². The van der Waals surface area contributed by atoms with Crippen LogP contribution in [0.5, 0.6) is 0 Å². The molecule has 0 aliphatic carbocycles. The summed E-state index contributed by atoms with van der Waals surface area (Å²) >= 11 is 0. The van der Waals surface area contributed by atoms with Gasteiger partial charge >= 0.3 is 0 Å². The summed E-state index contributed by atoms with van der Waals surface area (Å²) in [5.74, 6) is 0.615. The van der Waals surface area contributed by atoms with Gasteiger partial charge in [0, 0.05) is 12.6 Å². The second-order valence-corrected chi connectivity index (χ2v) is 5.36. The first-order chi connectivity index (χ1) is 8.13. The van der Waals surface area contributed by atoms with Gasteiger partial charge in [-0.15, -0.1) is 0 Å². The minimum Gasteiger partial charge on any atom is -0.395 e. The van der Waals surface area contributed by atoms with Crippen LogP contribution in [-0.4, -0.2) is 29.2 Å². The Balaban J connectivity index is 2.16. The largest absolute Gasteiger partial charge is 0.395 e. The molecule has 0 aromatic heterocycles. The number of aliphatic hydroxyl groups excluding tert-OH is 1. The maximum Gasteiger partial charge on any atom is 0.0589 e. The number of hydrogen-bond acceptors (Lipinski definition) is 2. The highest BCUT2D eigenvalue weighted by Gasteiger charge is 2.30. The van der Waals surface area contributed by atoms with Crippen molar-refractivity contribution in [1.29, 1.82) is 0 Å². The summed E-state index contributed by atoms with van der Waals surface area (Å²) in [6.45, 7) is 8.97. The Morgan fingerprint density at radius 3 is 2.53 bits per heavy atom. The van der Waals surface area contributed by atoms with E-state index in [0.29, 0.717) is 12.0 Å². The van der Waals surface area contributed by atoms with Gasteiger partial charge in [0.15, 0.2) is 0 Å². The molecule has 2 nitrogen and oxygen atoms in total. The van der Waals surface area contributed by atoms with E-state index in [-0.39, 0.29) is 6.61 Å². The Morgan fingerprint density at radius 1 is 1.29 bits per heavy atom. The number of nitrogens with zero attached hydrogens (tertiary/aromatic N) is 1. The van der Waals surface area contributed by atoms with E-state index in [9.17, 15) is 5.11 Å². The number of aliphatic hydroxyl groups is 1. The van der Waals surface area contributed by atoms with Gasteiger partial charge in [-0.3, -0.25) is 4.90 Å². The highest BCUT2D eigenvalue weighted by Crippen LogP contribution is 2.27. The summed E-state index contributed by atoms with van der Waals surface area (Å²) < 4.78 is 0. The Kier molecular flexibility index (Phi) is 3.85. The van der Waals surface area contributed by atoms with Crippen LogP contribution in [0.3, 0.4) is 0 Å². The highest BCUT2D eigenvalue weighted by atomic mass is 16.3. The normalized spacial score (nSPS) is 25.4. The molecule has 1 fully saturated rings. The molecule has 1 aliphatic heterocycles. The maximum absolute atomic E-state index is 9.48. The van der Waals surface area contributed by atoms with Gasteiger partial charge < -0.3 is 5.11 Å². The average molecular weight is 233 g/mol. The molecule has 2 atom stereocenters. The number of aryl methyl sites for hydroxylation is 2. The number of likely N-dealkylation sites (tertiary alicyclic amines) is 1. The van der Waals surface area contributed by atoms with E-state index in [0.717, 1.165) is 13.1 Å². The van der Waals surface area contributed by atoms with Crippen LogP contribution in [0.2, 0.25) is 0 Å². The quantitative estimate of drug-likeness (QED) is 0.867. The van der Waals surface area contributed by atoms with Crippen molar-refractivity contribution in [3.05, 3.63) is 34.9 Å². The molecule has 1 heterocycles. The summed E-state index contributed by atoms with van der Waals surface area (Å²) in [5.41, 5.74) is 4.16. The fourth-order valence-corrected chi connectivity index (χ4v) is 2.88. The molecule has 17 heavy (non-hydrogen) atoms. The smallest absolute Gasteiger partial charge is 0.0589 e. The van der Waals surface area contributed by atoms with E-state index >= 15 is 0 Å². The molecular formula is C15H23NO. The Labute approximate surface area is 104 Å². The lowest BCUT2D eigenvalue weighted by Gasteiger charge is -2.26. The fourth-order valence-electron chi connectivity index (χ4n) is 2.88. The zero-order chi connectivity index (χ0) is 12.4. The first-order valence-electron chi connectivity index (χ1n) is 6.53. The third kappa shape index (κ3) is 2.53. The van der Waals surface area contributed by atoms with Crippen LogP contribution in [0.15, 0.2) is 18.2 Å². The molecule has 0 bridgehead atoms. The van der Waals surface area contributed by atoms with Crippen LogP contribution in [0.4, 0.5) is 0 Å². The van der Waals surface area contributed by atoms with E-state index in [4.69, 9.17) is 0 Å². The molecule has 1 N–H and O–H groups in total. The van der Waals surface area contributed by atoms with Crippen molar-refractivity contribution in [3.63, 3.8) is 0 Å². The molecule has 1 aromatic rings. The van der Waals surface area contributed by atoms with Crippen molar-refractivity contribution in [2.24, 2.45) is 5.92 Å². The fraction of sp³-hybridized carbons (Fsp3) is 0.600. The summed E-state index contributed by atoms with van der Waals surface area (Å²) in [4.78, 5) is 2.43. The predicted octanol–water partition coefficient (Wildman–Crippen LogP) is 2.51. The molecule has 2 unspecified atom stereocenters. The Bertz CT molecular complexity index is 368. The molecule has 94 valence electrons. The van der Waals surface area contributed by atoms with Crippen LogP contribution >= 0.6 is 0 Å². The van der Waals surface area contributed by atoms with Gasteiger partial charge in [0.25, 0.3) is 0 Å². The molecule has 1 aromatic carbocycles. The number of rotatable bonds is 3. The van der Waals surface area contributed by atoms with Crippen LogP contribution in [-0.2, 0) is 6.54 Å². The average Bonchev–Trinajstić information content (AvgIpc) is 2.64. The summed E-state index contributed by atoms with van der Waals surface area (Å²) in [6, 6.07) is 6.81. The van der Waals surface area contributed by atoms with Crippen molar-refractivity contribution in [1.82, 2.24) is 4.90 Å². The van der Waals surface area contributed by atoms with E-state index in [1.54, 1.807) is 0 Å². The monoisotopic (exact) mass is 233 g/mol. The molecular weight excluding hydrogens is 210 g/mol. The van der Waals surface area contributed by atoms with Gasteiger partial charge in [-0.1, -0.05) is 25.1 Å². The van der Waals surface area contributed by atoms with E-state index in [1.807, 2.05) is 0 Å². The van der Waals surface area contributed by atoms with Crippen molar-refractivity contribution < 1.29 is 5.11 Å². The van der Waals surface area contributed by atoms with Gasteiger partial charge in [0.1, 0.15) is 0 Å². The van der Waals surface area contributed by atoms with Crippen molar-refractivity contribution in [2.45, 2.75) is 39.8 Å². The molecule has 1 aliphatic rings.